The molecule has 2 rings (SSSR count). The Labute approximate surface area is 161 Å². The fourth-order valence-electron chi connectivity index (χ4n) is 2.58. The Hall–Kier alpha value is -1.91. The van der Waals surface area contributed by atoms with E-state index in [9.17, 15) is 0 Å². The summed E-state index contributed by atoms with van der Waals surface area (Å²) in [6.07, 6.45) is 0.740. The molecule has 0 unspecified atom stereocenters. The molecule has 4 nitrogen and oxygen atoms in total. The number of rotatable bonds is 8. The summed E-state index contributed by atoms with van der Waals surface area (Å²) in [4.78, 5) is 0. The van der Waals surface area contributed by atoms with Gasteiger partial charge < -0.3 is 19.9 Å². The van der Waals surface area contributed by atoms with Crippen LogP contribution in [-0.2, 0) is 11.8 Å². The van der Waals surface area contributed by atoms with E-state index in [4.69, 9.17) is 31.5 Å². The number of hydrogen-bond donors (Lipinski definition) is 1. The third kappa shape index (κ3) is 5.55. The van der Waals surface area contributed by atoms with E-state index in [0.29, 0.717) is 36.3 Å². The van der Waals surface area contributed by atoms with Crippen LogP contribution in [0, 0.1) is 0 Å². The molecule has 0 radical (unpaired) electrons. The Bertz CT molecular complexity index is 708. The van der Waals surface area contributed by atoms with Gasteiger partial charge in [-0.25, -0.2) is 0 Å². The first-order valence-corrected chi connectivity index (χ1v) is 9.15. The summed E-state index contributed by atoms with van der Waals surface area (Å²) in [5.74, 6) is 1.95. The smallest absolute Gasteiger partial charge is 0.179 e. The Morgan fingerprint density at radius 2 is 1.65 bits per heavy atom. The summed E-state index contributed by atoms with van der Waals surface area (Å²) in [7, 11) is 1.60. The van der Waals surface area contributed by atoms with Crippen molar-refractivity contribution in [2.45, 2.75) is 32.6 Å². The number of nitrogens with two attached hydrogens (primary N) is 1. The largest absolute Gasteiger partial charge is 0.493 e. The second-order valence-electron chi connectivity index (χ2n) is 7.12. The molecule has 2 aromatic rings. The van der Waals surface area contributed by atoms with Gasteiger partial charge in [-0.2, -0.15) is 0 Å². The molecule has 2 N–H and O–H groups in total. The fraction of sp³-hybridized carbons (Fsp3) is 0.429. The normalized spacial score (nSPS) is 11.3. The van der Waals surface area contributed by atoms with E-state index in [1.807, 2.05) is 24.3 Å². The van der Waals surface area contributed by atoms with E-state index in [-0.39, 0.29) is 5.41 Å². The molecule has 0 fully saturated rings. The first-order valence-electron chi connectivity index (χ1n) is 8.77. The van der Waals surface area contributed by atoms with Gasteiger partial charge in [-0.3, -0.25) is 0 Å². The van der Waals surface area contributed by atoms with E-state index < -0.39 is 0 Å². The van der Waals surface area contributed by atoms with Crippen LogP contribution in [-0.4, -0.2) is 26.9 Å². The van der Waals surface area contributed by atoms with Crippen molar-refractivity contribution in [3.63, 3.8) is 0 Å². The van der Waals surface area contributed by atoms with Crippen molar-refractivity contribution in [1.82, 2.24) is 0 Å². The highest BCUT2D eigenvalue weighted by Gasteiger charge is 2.14. The maximum absolute atomic E-state index is 6.32. The van der Waals surface area contributed by atoms with E-state index >= 15 is 0 Å². The van der Waals surface area contributed by atoms with Gasteiger partial charge in [-0.05, 0) is 53.8 Å². The zero-order chi connectivity index (χ0) is 19.2. The van der Waals surface area contributed by atoms with Crippen LogP contribution in [0.1, 0.15) is 31.9 Å². The van der Waals surface area contributed by atoms with Crippen LogP contribution < -0.4 is 19.9 Å². The van der Waals surface area contributed by atoms with Crippen LogP contribution >= 0.6 is 11.6 Å². The van der Waals surface area contributed by atoms with Crippen LogP contribution in [0.25, 0.3) is 0 Å². The maximum atomic E-state index is 6.32. The topological polar surface area (TPSA) is 53.7 Å². The zero-order valence-electron chi connectivity index (χ0n) is 16.0. The van der Waals surface area contributed by atoms with Crippen LogP contribution in [0.15, 0.2) is 36.4 Å². The van der Waals surface area contributed by atoms with Crippen molar-refractivity contribution in [2.75, 3.05) is 26.9 Å². The molecule has 0 aliphatic heterocycles. The molecule has 0 spiro atoms. The molecule has 0 aliphatic carbocycles. The number of halogens is 1. The summed E-state index contributed by atoms with van der Waals surface area (Å²) in [5.41, 5.74) is 8.02. The Morgan fingerprint density at radius 1 is 1.00 bits per heavy atom. The number of methoxy groups -OCH3 is 1. The highest BCUT2D eigenvalue weighted by Crippen LogP contribution is 2.36. The van der Waals surface area contributed by atoms with Gasteiger partial charge in [-0.15, -0.1) is 0 Å². The first kappa shape index (κ1) is 20.4. The summed E-state index contributed by atoms with van der Waals surface area (Å²) < 4.78 is 16.9. The van der Waals surface area contributed by atoms with Crippen molar-refractivity contribution >= 4 is 11.6 Å². The quantitative estimate of drug-likeness (QED) is 0.683. The molecule has 0 saturated heterocycles. The third-order valence-electron chi connectivity index (χ3n) is 4.04. The number of hydrogen-bond acceptors (Lipinski definition) is 4. The highest BCUT2D eigenvalue weighted by molar-refractivity contribution is 6.32. The molecule has 2 aromatic carbocycles. The molecule has 5 heteroatoms. The molecular formula is C21H28ClNO3. The summed E-state index contributed by atoms with van der Waals surface area (Å²) in [5, 5.41) is 0.516. The SMILES string of the molecule is COc1cc(CCN)cc(Cl)c1OCCOc1ccc(C(C)(C)C)cc1. The standard InChI is InChI=1S/C21H28ClNO3/c1-21(2,3)16-5-7-17(8-6-16)25-11-12-26-20-18(22)13-15(9-10-23)14-19(20)24-4/h5-8,13-14H,9-12,23H2,1-4H3. The van der Waals surface area contributed by atoms with Crippen LogP contribution in [0.4, 0.5) is 0 Å². The van der Waals surface area contributed by atoms with Crippen molar-refractivity contribution in [3.05, 3.63) is 52.5 Å². The van der Waals surface area contributed by atoms with Crippen molar-refractivity contribution < 1.29 is 14.2 Å². The predicted octanol–water partition coefficient (Wildman–Crippen LogP) is 4.61. The molecule has 0 bridgehead atoms. The first-order chi connectivity index (χ1) is 12.3. The lowest BCUT2D eigenvalue weighted by Gasteiger charge is -2.19. The molecule has 142 valence electrons. The van der Waals surface area contributed by atoms with E-state index in [1.165, 1.54) is 5.56 Å². The average molecular weight is 378 g/mol. The minimum absolute atomic E-state index is 0.130. The second kappa shape index (κ2) is 9.15. The summed E-state index contributed by atoms with van der Waals surface area (Å²) >= 11 is 6.32. The molecule has 26 heavy (non-hydrogen) atoms. The molecular weight excluding hydrogens is 350 g/mol. The summed E-state index contributed by atoms with van der Waals surface area (Å²) in [6, 6.07) is 11.9. The van der Waals surface area contributed by atoms with Crippen molar-refractivity contribution in [1.29, 1.82) is 0 Å². The maximum Gasteiger partial charge on any atom is 0.179 e. The van der Waals surface area contributed by atoms with Gasteiger partial charge in [0.15, 0.2) is 11.5 Å². The Morgan fingerprint density at radius 3 is 2.23 bits per heavy atom. The number of benzene rings is 2. The number of ether oxygens (including phenoxy) is 3. The van der Waals surface area contributed by atoms with Gasteiger partial charge in [0, 0.05) is 0 Å². The highest BCUT2D eigenvalue weighted by atomic mass is 35.5. The lowest BCUT2D eigenvalue weighted by atomic mass is 9.87. The molecule has 0 heterocycles. The predicted molar refractivity (Wildman–Crippen MR) is 107 cm³/mol. The van der Waals surface area contributed by atoms with Gasteiger partial charge in [0.05, 0.1) is 12.1 Å². The molecule has 0 aromatic heterocycles. The zero-order valence-corrected chi connectivity index (χ0v) is 16.7. The fourth-order valence-corrected chi connectivity index (χ4v) is 2.87. The summed E-state index contributed by atoms with van der Waals surface area (Å²) in [6.45, 7) is 7.90. The molecule has 0 atom stereocenters. The Kier molecular flexibility index (Phi) is 7.18. The van der Waals surface area contributed by atoms with Crippen LogP contribution in [0.3, 0.4) is 0 Å². The third-order valence-corrected chi connectivity index (χ3v) is 4.32. The van der Waals surface area contributed by atoms with E-state index in [2.05, 4.69) is 32.9 Å². The minimum atomic E-state index is 0.130. The lowest BCUT2D eigenvalue weighted by Crippen LogP contribution is -2.12. The van der Waals surface area contributed by atoms with Gasteiger partial charge in [0.2, 0.25) is 0 Å². The van der Waals surface area contributed by atoms with Gasteiger partial charge in [-0.1, -0.05) is 44.5 Å². The van der Waals surface area contributed by atoms with Gasteiger partial charge in [0.25, 0.3) is 0 Å². The molecule has 0 saturated carbocycles. The molecule has 0 aliphatic rings. The lowest BCUT2D eigenvalue weighted by molar-refractivity contribution is 0.211. The van der Waals surface area contributed by atoms with Crippen molar-refractivity contribution in [3.8, 4) is 17.2 Å². The van der Waals surface area contributed by atoms with Crippen molar-refractivity contribution in [2.24, 2.45) is 5.73 Å². The molecule has 0 amide bonds. The monoisotopic (exact) mass is 377 g/mol. The van der Waals surface area contributed by atoms with Gasteiger partial charge >= 0.3 is 0 Å². The van der Waals surface area contributed by atoms with Gasteiger partial charge in [0.1, 0.15) is 19.0 Å². The van der Waals surface area contributed by atoms with Crippen LogP contribution in [0.2, 0.25) is 5.02 Å². The van der Waals surface area contributed by atoms with Crippen LogP contribution in [0.5, 0.6) is 17.2 Å². The van der Waals surface area contributed by atoms with E-state index in [1.54, 1.807) is 7.11 Å². The van der Waals surface area contributed by atoms with E-state index in [0.717, 1.165) is 17.7 Å². The Balaban J connectivity index is 1.91. The average Bonchev–Trinajstić information content (AvgIpc) is 2.59. The second-order valence-corrected chi connectivity index (χ2v) is 7.53. The minimum Gasteiger partial charge on any atom is -0.493 e.